The van der Waals surface area contributed by atoms with Gasteiger partial charge in [-0.1, -0.05) is 29.3 Å². The molecule has 0 fully saturated rings. The molecule has 0 aliphatic rings. The number of anilines is 2. The largest absolute Gasteiger partial charge is 0.505 e. The number of rotatable bonds is 2. The van der Waals surface area contributed by atoms with Crippen molar-refractivity contribution < 1.29 is 23.1 Å². The Morgan fingerprint density at radius 3 is 2.39 bits per heavy atom. The molecule has 2 aromatic rings. The maximum Gasteiger partial charge on any atom is 0.323 e. The molecule has 2 amide bonds. The van der Waals surface area contributed by atoms with E-state index >= 15 is 0 Å². The minimum Gasteiger partial charge on any atom is -0.505 e. The molecule has 4 nitrogen and oxygen atoms in total. The van der Waals surface area contributed by atoms with E-state index in [1.807, 2.05) is 5.32 Å². The van der Waals surface area contributed by atoms with E-state index in [4.69, 9.17) is 23.2 Å². The Morgan fingerprint density at radius 1 is 1.09 bits per heavy atom. The fourth-order valence-corrected chi connectivity index (χ4v) is 2.10. The number of carbonyl (C=O) groups excluding carboxylic acids is 1. The molecule has 2 rings (SSSR count). The van der Waals surface area contributed by atoms with Crippen molar-refractivity contribution in [3.8, 4) is 5.75 Å². The van der Waals surface area contributed by atoms with Crippen LogP contribution in [0.15, 0.2) is 18.2 Å². The second-order valence-corrected chi connectivity index (χ2v) is 5.26. The lowest BCUT2D eigenvalue weighted by molar-refractivity contribution is 0.262. The molecule has 0 bridgehead atoms. The summed E-state index contributed by atoms with van der Waals surface area (Å²) in [6.45, 7) is 1.03. The average Bonchev–Trinajstić information content (AvgIpc) is 2.52. The number of urea groups is 1. The fourth-order valence-electron chi connectivity index (χ4n) is 1.75. The van der Waals surface area contributed by atoms with Crippen molar-refractivity contribution in [1.29, 1.82) is 0 Å². The van der Waals surface area contributed by atoms with E-state index in [1.54, 1.807) is 0 Å². The van der Waals surface area contributed by atoms with Crippen molar-refractivity contribution in [2.24, 2.45) is 0 Å². The summed E-state index contributed by atoms with van der Waals surface area (Å²) in [6, 6.07) is 3.37. The topological polar surface area (TPSA) is 61.4 Å². The molecule has 0 aliphatic carbocycles. The SMILES string of the molecule is Cc1c(O)c(NC(=O)Nc2cccc(Cl)c2Cl)c(F)c(F)c1F. The third kappa shape index (κ3) is 3.30. The highest BCUT2D eigenvalue weighted by atomic mass is 35.5. The number of hydrogen-bond donors (Lipinski definition) is 3. The van der Waals surface area contributed by atoms with E-state index in [0.717, 1.165) is 6.92 Å². The van der Waals surface area contributed by atoms with Crippen molar-refractivity contribution in [1.82, 2.24) is 0 Å². The van der Waals surface area contributed by atoms with Crippen LogP contribution in [0.25, 0.3) is 0 Å². The first-order valence-corrected chi connectivity index (χ1v) is 6.87. The molecule has 0 spiro atoms. The van der Waals surface area contributed by atoms with Crippen LogP contribution in [0.5, 0.6) is 5.75 Å². The monoisotopic (exact) mass is 364 g/mol. The number of amides is 2. The van der Waals surface area contributed by atoms with E-state index < -0.39 is 40.5 Å². The summed E-state index contributed by atoms with van der Waals surface area (Å²) in [5.74, 6) is -5.99. The van der Waals surface area contributed by atoms with Gasteiger partial charge in [-0.25, -0.2) is 18.0 Å². The van der Waals surface area contributed by atoms with Crippen LogP contribution in [0.4, 0.5) is 29.3 Å². The Hall–Kier alpha value is -2.12. The van der Waals surface area contributed by atoms with Gasteiger partial charge in [-0.3, -0.25) is 0 Å². The number of halogens is 5. The second-order valence-electron chi connectivity index (χ2n) is 4.47. The number of hydrogen-bond acceptors (Lipinski definition) is 2. The van der Waals surface area contributed by atoms with Crippen molar-refractivity contribution in [2.75, 3.05) is 10.6 Å². The van der Waals surface area contributed by atoms with Crippen molar-refractivity contribution in [3.63, 3.8) is 0 Å². The average molecular weight is 365 g/mol. The smallest absolute Gasteiger partial charge is 0.323 e. The van der Waals surface area contributed by atoms with Crippen LogP contribution in [-0.2, 0) is 0 Å². The Labute approximate surface area is 138 Å². The lowest BCUT2D eigenvalue weighted by Gasteiger charge is -2.13. The van der Waals surface area contributed by atoms with Gasteiger partial charge < -0.3 is 15.7 Å². The summed E-state index contributed by atoms with van der Waals surface area (Å²) in [5.41, 5.74) is -1.33. The van der Waals surface area contributed by atoms with Crippen LogP contribution in [0.3, 0.4) is 0 Å². The molecular weight excluding hydrogens is 356 g/mol. The minimum atomic E-state index is -1.81. The van der Waals surface area contributed by atoms with Gasteiger partial charge in [0.05, 0.1) is 15.7 Å². The molecule has 9 heteroatoms. The first-order valence-electron chi connectivity index (χ1n) is 6.12. The maximum atomic E-state index is 13.7. The summed E-state index contributed by atoms with van der Waals surface area (Å²) in [4.78, 5) is 11.8. The third-order valence-electron chi connectivity index (χ3n) is 2.96. The quantitative estimate of drug-likeness (QED) is 0.514. The predicted octanol–water partition coefficient (Wildman–Crippen LogP) is 5.07. The zero-order chi connectivity index (χ0) is 17.3. The molecule has 0 atom stereocenters. The van der Waals surface area contributed by atoms with Gasteiger partial charge in [-0.05, 0) is 19.1 Å². The van der Waals surface area contributed by atoms with E-state index in [2.05, 4.69) is 5.32 Å². The maximum absolute atomic E-state index is 13.7. The van der Waals surface area contributed by atoms with Crippen molar-refractivity contribution >= 4 is 40.6 Å². The summed E-state index contributed by atoms with van der Waals surface area (Å²) in [7, 11) is 0. The lowest BCUT2D eigenvalue weighted by atomic mass is 10.1. The summed E-state index contributed by atoms with van der Waals surface area (Å²) in [6.07, 6.45) is 0. The molecule has 0 aliphatic heterocycles. The van der Waals surface area contributed by atoms with Gasteiger partial charge in [-0.15, -0.1) is 0 Å². The number of carbonyl (C=O) groups is 1. The Morgan fingerprint density at radius 2 is 1.74 bits per heavy atom. The van der Waals surface area contributed by atoms with Crippen molar-refractivity contribution in [2.45, 2.75) is 6.92 Å². The number of aromatic hydroxyl groups is 1. The lowest BCUT2D eigenvalue weighted by Crippen LogP contribution is -2.21. The van der Waals surface area contributed by atoms with E-state index in [-0.39, 0.29) is 15.7 Å². The molecular formula is C14H9Cl2F3N2O2. The predicted molar refractivity (Wildman–Crippen MR) is 81.8 cm³/mol. The summed E-state index contributed by atoms with van der Waals surface area (Å²) < 4.78 is 40.3. The number of benzene rings is 2. The van der Waals surface area contributed by atoms with E-state index in [9.17, 15) is 23.1 Å². The van der Waals surface area contributed by atoms with Gasteiger partial charge in [-0.2, -0.15) is 0 Å². The molecule has 3 N–H and O–H groups in total. The van der Waals surface area contributed by atoms with Crippen LogP contribution in [-0.4, -0.2) is 11.1 Å². The van der Waals surface area contributed by atoms with Gasteiger partial charge in [0.25, 0.3) is 0 Å². The van der Waals surface area contributed by atoms with Crippen LogP contribution in [0, 0.1) is 24.4 Å². The normalized spacial score (nSPS) is 10.5. The van der Waals surface area contributed by atoms with Crippen molar-refractivity contribution in [3.05, 3.63) is 51.3 Å². The molecule has 0 unspecified atom stereocenters. The van der Waals surface area contributed by atoms with Crippen LogP contribution in [0.2, 0.25) is 10.0 Å². The van der Waals surface area contributed by atoms with E-state index in [1.165, 1.54) is 18.2 Å². The summed E-state index contributed by atoms with van der Waals surface area (Å²) >= 11 is 11.6. The van der Waals surface area contributed by atoms with E-state index in [0.29, 0.717) is 0 Å². The number of phenolic OH excluding ortho intramolecular Hbond substituents is 1. The number of nitrogens with one attached hydrogen (secondary N) is 2. The van der Waals surface area contributed by atoms with Gasteiger partial charge in [0, 0.05) is 5.56 Å². The molecule has 0 radical (unpaired) electrons. The van der Waals surface area contributed by atoms with Gasteiger partial charge >= 0.3 is 6.03 Å². The Balaban J connectivity index is 2.30. The first-order chi connectivity index (χ1) is 10.7. The zero-order valence-corrected chi connectivity index (χ0v) is 13.0. The Bertz CT molecular complexity index is 771. The second kappa shape index (κ2) is 6.55. The van der Waals surface area contributed by atoms with Crippen LogP contribution < -0.4 is 10.6 Å². The molecule has 0 aromatic heterocycles. The van der Waals surface area contributed by atoms with Gasteiger partial charge in [0.1, 0.15) is 11.4 Å². The molecule has 23 heavy (non-hydrogen) atoms. The highest BCUT2D eigenvalue weighted by molar-refractivity contribution is 6.44. The Kier molecular flexibility index (Phi) is 4.91. The van der Waals surface area contributed by atoms with Crippen LogP contribution in [0.1, 0.15) is 5.56 Å². The highest BCUT2D eigenvalue weighted by Gasteiger charge is 2.24. The molecule has 0 saturated carbocycles. The van der Waals surface area contributed by atoms with Gasteiger partial charge in [0.2, 0.25) is 0 Å². The minimum absolute atomic E-state index is 0.0375. The standard InChI is InChI=1S/C14H9Cl2F3N2O2/c1-5-9(17)10(18)11(19)12(13(5)22)21-14(23)20-7-4-2-3-6(15)8(7)16/h2-4,22H,1H3,(H2,20,21,23). The molecule has 0 heterocycles. The molecule has 2 aromatic carbocycles. The first kappa shape index (κ1) is 17.2. The zero-order valence-electron chi connectivity index (χ0n) is 11.5. The third-order valence-corrected chi connectivity index (χ3v) is 3.78. The molecule has 122 valence electrons. The van der Waals surface area contributed by atoms with Gasteiger partial charge in [0.15, 0.2) is 17.5 Å². The number of phenols is 1. The van der Waals surface area contributed by atoms with Crippen LogP contribution >= 0.6 is 23.2 Å². The molecule has 0 saturated heterocycles. The fraction of sp³-hybridized carbons (Fsp3) is 0.0714. The summed E-state index contributed by atoms with van der Waals surface area (Å²) in [5, 5.41) is 14.0. The highest BCUT2D eigenvalue weighted by Crippen LogP contribution is 2.35.